The number of thiazole rings is 1. The first-order valence-electron chi connectivity index (χ1n) is 6.05. The van der Waals surface area contributed by atoms with Crippen molar-refractivity contribution in [1.29, 1.82) is 0 Å². The highest BCUT2D eigenvalue weighted by Gasteiger charge is 2.12. The van der Waals surface area contributed by atoms with Crippen molar-refractivity contribution in [2.24, 2.45) is 0 Å². The lowest BCUT2D eigenvalue weighted by Crippen LogP contribution is -2.14. The first kappa shape index (κ1) is 15.5. The highest BCUT2D eigenvalue weighted by molar-refractivity contribution is 8.01. The predicted molar refractivity (Wildman–Crippen MR) is 84.0 cm³/mol. The van der Waals surface area contributed by atoms with Crippen molar-refractivity contribution in [2.45, 2.75) is 18.2 Å². The lowest BCUT2D eigenvalue weighted by molar-refractivity contribution is -0.385. The third-order valence-electron chi connectivity index (χ3n) is 2.61. The number of carbonyl (C=O) groups is 1. The number of benzene rings is 1. The monoisotopic (exact) mass is 323 g/mol. The molecule has 0 bridgehead atoms. The van der Waals surface area contributed by atoms with E-state index in [4.69, 9.17) is 0 Å². The minimum atomic E-state index is -0.460. The van der Waals surface area contributed by atoms with Gasteiger partial charge in [-0.3, -0.25) is 14.9 Å². The van der Waals surface area contributed by atoms with E-state index in [9.17, 15) is 14.9 Å². The van der Waals surface area contributed by atoms with Gasteiger partial charge in [0.1, 0.15) is 0 Å². The number of anilines is 1. The second-order valence-electron chi connectivity index (χ2n) is 4.35. The second kappa shape index (κ2) is 6.68. The molecule has 0 atom stereocenters. The topological polar surface area (TPSA) is 85.1 Å². The Morgan fingerprint density at radius 1 is 1.48 bits per heavy atom. The van der Waals surface area contributed by atoms with Crippen LogP contribution in [-0.2, 0) is 4.79 Å². The summed E-state index contributed by atoms with van der Waals surface area (Å²) in [5, 5.41) is 15.4. The number of aromatic nitrogens is 1. The molecule has 21 heavy (non-hydrogen) atoms. The number of rotatable bonds is 5. The average molecular weight is 323 g/mol. The van der Waals surface area contributed by atoms with E-state index >= 15 is 0 Å². The zero-order valence-corrected chi connectivity index (χ0v) is 13.1. The fraction of sp³-hybridized carbons (Fsp3) is 0.231. The van der Waals surface area contributed by atoms with Gasteiger partial charge in [0.15, 0.2) is 4.34 Å². The number of amides is 1. The van der Waals surface area contributed by atoms with E-state index in [-0.39, 0.29) is 17.3 Å². The van der Waals surface area contributed by atoms with Gasteiger partial charge in [-0.25, -0.2) is 4.98 Å². The molecule has 0 saturated carbocycles. The number of aryl methyl sites for hydroxylation is 2. The van der Waals surface area contributed by atoms with E-state index in [1.807, 2.05) is 12.3 Å². The Morgan fingerprint density at radius 2 is 2.24 bits per heavy atom. The van der Waals surface area contributed by atoms with Crippen LogP contribution in [0.15, 0.2) is 27.9 Å². The molecule has 0 aliphatic rings. The summed E-state index contributed by atoms with van der Waals surface area (Å²) < 4.78 is 0.831. The number of nitro groups is 1. The normalized spacial score (nSPS) is 10.4. The summed E-state index contributed by atoms with van der Waals surface area (Å²) in [6, 6.07) is 4.63. The van der Waals surface area contributed by atoms with Crippen LogP contribution in [0.2, 0.25) is 0 Å². The Labute approximate surface area is 129 Å². The van der Waals surface area contributed by atoms with E-state index in [0.717, 1.165) is 10.0 Å². The quantitative estimate of drug-likeness (QED) is 0.518. The van der Waals surface area contributed by atoms with Gasteiger partial charge in [-0.1, -0.05) is 17.8 Å². The van der Waals surface area contributed by atoms with Crippen LogP contribution < -0.4 is 5.32 Å². The number of nitro benzene ring substituents is 1. The van der Waals surface area contributed by atoms with Crippen LogP contribution in [0, 0.1) is 24.0 Å². The van der Waals surface area contributed by atoms with Gasteiger partial charge in [0, 0.05) is 28.4 Å². The van der Waals surface area contributed by atoms with Crippen LogP contribution in [0.5, 0.6) is 0 Å². The molecule has 1 aromatic carbocycles. The summed E-state index contributed by atoms with van der Waals surface area (Å²) >= 11 is 2.83. The lowest BCUT2D eigenvalue weighted by atomic mass is 10.2. The van der Waals surface area contributed by atoms with Crippen LogP contribution in [0.1, 0.15) is 11.3 Å². The van der Waals surface area contributed by atoms with Crippen molar-refractivity contribution < 1.29 is 9.72 Å². The van der Waals surface area contributed by atoms with Crippen molar-refractivity contribution in [2.75, 3.05) is 11.1 Å². The van der Waals surface area contributed by atoms with Gasteiger partial charge in [-0.2, -0.15) is 0 Å². The largest absolute Gasteiger partial charge is 0.325 e. The van der Waals surface area contributed by atoms with Gasteiger partial charge < -0.3 is 5.32 Å². The van der Waals surface area contributed by atoms with E-state index in [2.05, 4.69) is 10.3 Å². The molecule has 0 unspecified atom stereocenters. The molecule has 2 rings (SSSR count). The molecule has 0 aliphatic carbocycles. The number of carbonyl (C=O) groups excluding carboxylic acids is 1. The Kier molecular flexibility index (Phi) is 4.92. The summed E-state index contributed by atoms with van der Waals surface area (Å²) in [6.07, 6.45) is 0. The summed E-state index contributed by atoms with van der Waals surface area (Å²) in [6.45, 7) is 3.55. The first-order valence-corrected chi connectivity index (χ1v) is 7.92. The van der Waals surface area contributed by atoms with Crippen molar-refractivity contribution in [3.8, 4) is 0 Å². The number of hydrogen-bond acceptors (Lipinski definition) is 6. The molecule has 110 valence electrons. The maximum Gasteiger partial charge on any atom is 0.274 e. The molecule has 0 aliphatic heterocycles. The van der Waals surface area contributed by atoms with E-state index in [1.165, 1.54) is 29.2 Å². The molecule has 0 saturated heterocycles. The van der Waals surface area contributed by atoms with Crippen LogP contribution in [0.25, 0.3) is 0 Å². The fourth-order valence-electron chi connectivity index (χ4n) is 1.61. The second-order valence-corrected chi connectivity index (χ2v) is 6.43. The molecule has 2 aromatic rings. The highest BCUT2D eigenvalue weighted by atomic mass is 32.2. The zero-order chi connectivity index (χ0) is 15.4. The van der Waals surface area contributed by atoms with Gasteiger partial charge in [0.2, 0.25) is 5.91 Å². The third kappa shape index (κ3) is 4.27. The minimum Gasteiger partial charge on any atom is -0.325 e. The van der Waals surface area contributed by atoms with Gasteiger partial charge >= 0.3 is 0 Å². The first-order chi connectivity index (χ1) is 9.95. The highest BCUT2D eigenvalue weighted by Crippen LogP contribution is 2.24. The molecule has 1 aromatic heterocycles. The Bertz CT molecular complexity index is 685. The van der Waals surface area contributed by atoms with Gasteiger partial charge in [0.05, 0.1) is 10.7 Å². The molecule has 0 spiro atoms. The summed E-state index contributed by atoms with van der Waals surface area (Å²) in [4.78, 5) is 26.5. The zero-order valence-electron chi connectivity index (χ0n) is 11.5. The van der Waals surface area contributed by atoms with E-state index in [0.29, 0.717) is 11.3 Å². The Morgan fingerprint density at radius 3 is 2.86 bits per heavy atom. The minimum absolute atomic E-state index is 0.00370. The third-order valence-corrected chi connectivity index (χ3v) is 4.75. The summed E-state index contributed by atoms with van der Waals surface area (Å²) in [5.41, 5.74) is 1.91. The van der Waals surface area contributed by atoms with Gasteiger partial charge in [0.25, 0.3) is 5.69 Å². The van der Waals surface area contributed by atoms with Crippen molar-refractivity contribution in [1.82, 2.24) is 4.98 Å². The van der Waals surface area contributed by atoms with Gasteiger partial charge in [-0.15, -0.1) is 11.3 Å². The molecule has 8 heteroatoms. The molecule has 1 N–H and O–H groups in total. The molecule has 1 amide bonds. The van der Waals surface area contributed by atoms with Crippen LogP contribution in [0.4, 0.5) is 11.4 Å². The molecular formula is C13H13N3O3S2. The van der Waals surface area contributed by atoms with E-state index in [1.54, 1.807) is 19.1 Å². The van der Waals surface area contributed by atoms with Gasteiger partial charge in [-0.05, 0) is 19.9 Å². The maximum absolute atomic E-state index is 11.8. The van der Waals surface area contributed by atoms with Crippen LogP contribution in [-0.4, -0.2) is 21.6 Å². The lowest BCUT2D eigenvalue weighted by Gasteiger charge is -2.05. The Hall–Kier alpha value is -1.93. The fourth-order valence-corrected chi connectivity index (χ4v) is 3.26. The van der Waals surface area contributed by atoms with Crippen LogP contribution in [0.3, 0.4) is 0 Å². The van der Waals surface area contributed by atoms with Crippen molar-refractivity contribution in [3.05, 3.63) is 45.0 Å². The predicted octanol–water partition coefficient (Wildman–Crippen LogP) is 3.40. The standard InChI is InChI=1S/C13H13N3O3S2/c1-8-3-4-10(5-11(8)16(18)19)15-12(17)7-21-13-14-9(2)6-20-13/h3-6H,7H2,1-2H3,(H,15,17). The smallest absolute Gasteiger partial charge is 0.274 e. The molecule has 0 radical (unpaired) electrons. The van der Waals surface area contributed by atoms with E-state index < -0.39 is 4.92 Å². The average Bonchev–Trinajstić information content (AvgIpc) is 2.84. The molecule has 6 nitrogen and oxygen atoms in total. The van der Waals surface area contributed by atoms with Crippen LogP contribution >= 0.6 is 23.1 Å². The number of thioether (sulfide) groups is 1. The Balaban J connectivity index is 1.96. The summed E-state index contributed by atoms with van der Waals surface area (Å²) in [5.74, 6) is 0.000229. The van der Waals surface area contributed by atoms with Crippen molar-refractivity contribution in [3.63, 3.8) is 0 Å². The molecule has 0 fully saturated rings. The number of nitrogens with zero attached hydrogens (tertiary/aromatic N) is 2. The number of nitrogens with one attached hydrogen (secondary N) is 1. The summed E-state index contributed by atoms with van der Waals surface area (Å²) in [7, 11) is 0. The van der Waals surface area contributed by atoms with Crippen molar-refractivity contribution >= 4 is 40.4 Å². The maximum atomic E-state index is 11.8. The number of hydrogen-bond donors (Lipinski definition) is 1. The SMILES string of the molecule is Cc1csc(SCC(=O)Nc2ccc(C)c([N+](=O)[O-])c2)n1. The molecule has 1 heterocycles. The molecular weight excluding hydrogens is 310 g/mol.